The smallest absolute Gasteiger partial charge is 0.309 e. The summed E-state index contributed by atoms with van der Waals surface area (Å²) in [5, 5.41) is 19.6. The molecular formula is C26H25F2NO5. The molecular weight excluding hydrogens is 444 g/mol. The largest absolute Gasteiger partial charge is 0.497 e. The van der Waals surface area contributed by atoms with Crippen LogP contribution in [0.15, 0.2) is 42.5 Å². The van der Waals surface area contributed by atoms with Crippen molar-refractivity contribution in [2.75, 3.05) is 7.11 Å². The fourth-order valence-corrected chi connectivity index (χ4v) is 4.12. The number of hydrogen-bond donors (Lipinski definition) is 2. The summed E-state index contributed by atoms with van der Waals surface area (Å²) in [5.41, 5.74) is 2.35. The van der Waals surface area contributed by atoms with Gasteiger partial charge in [0.25, 0.3) is 0 Å². The summed E-state index contributed by atoms with van der Waals surface area (Å²) in [6.07, 6.45) is -0.811. The maximum absolute atomic E-state index is 15.2. The van der Waals surface area contributed by atoms with E-state index in [1.54, 1.807) is 25.1 Å². The number of methoxy groups -OCH3 is 1. The van der Waals surface area contributed by atoms with E-state index in [4.69, 9.17) is 9.47 Å². The molecule has 178 valence electrons. The molecule has 0 bridgehead atoms. The van der Waals surface area contributed by atoms with E-state index in [9.17, 15) is 19.4 Å². The summed E-state index contributed by atoms with van der Waals surface area (Å²) in [4.78, 5) is 15.6. The van der Waals surface area contributed by atoms with Crippen LogP contribution in [0.2, 0.25) is 0 Å². The molecule has 1 aliphatic heterocycles. The predicted molar refractivity (Wildman–Crippen MR) is 121 cm³/mol. The van der Waals surface area contributed by atoms with Gasteiger partial charge in [0, 0.05) is 16.8 Å². The molecule has 0 amide bonds. The zero-order valence-corrected chi connectivity index (χ0v) is 19.0. The number of aliphatic hydroxyl groups excluding tert-OH is 1. The summed E-state index contributed by atoms with van der Waals surface area (Å²) >= 11 is 0. The molecule has 2 N–H and O–H groups in total. The van der Waals surface area contributed by atoms with Crippen molar-refractivity contribution >= 4 is 5.97 Å². The number of carboxylic acids is 1. The highest BCUT2D eigenvalue weighted by molar-refractivity contribution is 5.70. The van der Waals surface area contributed by atoms with Gasteiger partial charge in [-0.1, -0.05) is 12.1 Å². The minimum atomic E-state index is -1.21. The van der Waals surface area contributed by atoms with E-state index in [0.29, 0.717) is 41.2 Å². The van der Waals surface area contributed by atoms with Gasteiger partial charge in [-0.3, -0.25) is 9.78 Å². The molecule has 8 heteroatoms. The highest BCUT2D eigenvalue weighted by atomic mass is 19.1. The normalized spacial score (nSPS) is 16.8. The molecule has 4 rings (SSSR count). The third-order valence-corrected chi connectivity index (χ3v) is 6.20. The number of fused-ring (bicyclic) bond motifs is 1. The minimum absolute atomic E-state index is 0.111. The molecule has 3 aromatic rings. The van der Waals surface area contributed by atoms with Gasteiger partial charge in [-0.25, -0.2) is 8.78 Å². The molecule has 3 atom stereocenters. The van der Waals surface area contributed by atoms with E-state index in [1.807, 2.05) is 0 Å². The zero-order chi connectivity index (χ0) is 24.6. The minimum Gasteiger partial charge on any atom is -0.497 e. The molecule has 0 saturated heterocycles. The number of hydrogen-bond acceptors (Lipinski definition) is 5. The van der Waals surface area contributed by atoms with Crippen molar-refractivity contribution in [3.63, 3.8) is 0 Å². The van der Waals surface area contributed by atoms with Crippen molar-refractivity contribution in [3.05, 3.63) is 76.6 Å². The second-order valence-corrected chi connectivity index (χ2v) is 8.42. The van der Waals surface area contributed by atoms with Gasteiger partial charge in [0.2, 0.25) is 0 Å². The number of nitrogens with zero attached hydrogens (tertiary/aromatic N) is 1. The van der Waals surface area contributed by atoms with Crippen LogP contribution < -0.4 is 9.47 Å². The van der Waals surface area contributed by atoms with Crippen LogP contribution in [0.4, 0.5) is 8.78 Å². The van der Waals surface area contributed by atoms with E-state index in [2.05, 4.69) is 4.98 Å². The van der Waals surface area contributed by atoms with Crippen molar-refractivity contribution in [1.29, 1.82) is 0 Å². The van der Waals surface area contributed by atoms with Gasteiger partial charge in [0.15, 0.2) is 0 Å². The van der Waals surface area contributed by atoms with Gasteiger partial charge >= 0.3 is 5.97 Å². The fourth-order valence-electron chi connectivity index (χ4n) is 4.12. The Labute approximate surface area is 195 Å². The lowest BCUT2D eigenvalue weighted by atomic mass is 9.93. The number of carbonyl (C=O) groups is 1. The first-order valence-electron chi connectivity index (χ1n) is 10.9. The third kappa shape index (κ3) is 4.46. The quantitative estimate of drug-likeness (QED) is 0.518. The second-order valence-electron chi connectivity index (χ2n) is 8.42. The van der Waals surface area contributed by atoms with E-state index in [1.165, 1.54) is 38.3 Å². The molecule has 0 fully saturated rings. The van der Waals surface area contributed by atoms with Crippen molar-refractivity contribution in [3.8, 4) is 22.6 Å². The number of benzene rings is 2. The van der Waals surface area contributed by atoms with Crippen molar-refractivity contribution in [2.45, 2.75) is 38.9 Å². The van der Waals surface area contributed by atoms with Crippen LogP contribution in [0, 0.1) is 24.5 Å². The van der Waals surface area contributed by atoms with Crippen molar-refractivity contribution < 1.29 is 33.3 Å². The molecule has 2 aromatic carbocycles. The summed E-state index contributed by atoms with van der Waals surface area (Å²) in [7, 11) is 1.47. The molecule has 0 spiro atoms. The average Bonchev–Trinajstić information content (AvgIpc) is 2.84. The van der Waals surface area contributed by atoms with Gasteiger partial charge in [-0.15, -0.1) is 0 Å². The summed E-state index contributed by atoms with van der Waals surface area (Å²) in [6.45, 7) is 3.10. The Morgan fingerprint density at radius 3 is 2.62 bits per heavy atom. The van der Waals surface area contributed by atoms with Crippen LogP contribution in [0.25, 0.3) is 11.1 Å². The molecule has 34 heavy (non-hydrogen) atoms. The number of pyridine rings is 1. The summed E-state index contributed by atoms with van der Waals surface area (Å²) in [5.74, 6) is -2.34. The van der Waals surface area contributed by atoms with Crippen LogP contribution >= 0.6 is 0 Å². The first-order valence-corrected chi connectivity index (χ1v) is 10.9. The molecule has 1 unspecified atom stereocenters. The Balaban J connectivity index is 1.64. The number of aromatic nitrogens is 1. The van der Waals surface area contributed by atoms with Crippen LogP contribution in [-0.4, -0.2) is 28.3 Å². The Morgan fingerprint density at radius 1 is 1.15 bits per heavy atom. The Morgan fingerprint density at radius 2 is 1.91 bits per heavy atom. The van der Waals surface area contributed by atoms with E-state index < -0.39 is 35.7 Å². The topological polar surface area (TPSA) is 88.9 Å². The Bertz CT molecular complexity index is 1250. The summed E-state index contributed by atoms with van der Waals surface area (Å²) < 4.78 is 40.8. The lowest BCUT2D eigenvalue weighted by molar-refractivity contribution is -0.145. The molecule has 0 saturated carbocycles. The molecule has 1 aromatic heterocycles. The second kappa shape index (κ2) is 9.38. The molecule has 0 radical (unpaired) electrons. The monoisotopic (exact) mass is 469 g/mol. The zero-order valence-electron chi connectivity index (χ0n) is 19.0. The van der Waals surface area contributed by atoms with Gasteiger partial charge < -0.3 is 19.7 Å². The van der Waals surface area contributed by atoms with Crippen LogP contribution in [0.3, 0.4) is 0 Å². The van der Waals surface area contributed by atoms with Gasteiger partial charge in [0.05, 0.1) is 19.1 Å². The van der Waals surface area contributed by atoms with Gasteiger partial charge in [-0.05, 0) is 68.1 Å². The molecule has 2 heterocycles. The first kappa shape index (κ1) is 23.6. The highest BCUT2D eigenvalue weighted by Crippen LogP contribution is 2.39. The number of carboxylic acid groups (broad SMARTS) is 1. The van der Waals surface area contributed by atoms with E-state index >= 15 is 4.39 Å². The number of rotatable bonds is 6. The number of aliphatic carboxylic acids is 1. The van der Waals surface area contributed by atoms with Crippen LogP contribution in [0.5, 0.6) is 11.5 Å². The molecule has 6 nitrogen and oxygen atoms in total. The number of aryl methyl sites for hydroxylation is 2. The predicted octanol–water partition coefficient (Wildman–Crippen LogP) is 5.16. The maximum atomic E-state index is 15.2. The summed E-state index contributed by atoms with van der Waals surface area (Å²) in [6, 6.07) is 10.5. The van der Waals surface area contributed by atoms with Gasteiger partial charge in [-0.2, -0.15) is 0 Å². The lowest BCUT2D eigenvalue weighted by Gasteiger charge is -2.28. The number of aliphatic hydroxyl groups is 1. The van der Waals surface area contributed by atoms with Crippen LogP contribution in [-0.2, 0) is 11.2 Å². The highest BCUT2D eigenvalue weighted by Gasteiger charge is 2.29. The van der Waals surface area contributed by atoms with Gasteiger partial charge in [0.1, 0.15) is 34.9 Å². The van der Waals surface area contributed by atoms with E-state index in [-0.39, 0.29) is 11.3 Å². The van der Waals surface area contributed by atoms with Crippen molar-refractivity contribution in [1.82, 2.24) is 4.98 Å². The average molecular weight is 469 g/mol. The Hall–Kier alpha value is -3.52. The molecule has 1 aliphatic rings. The molecule has 0 aliphatic carbocycles. The fraction of sp³-hybridized carbons (Fsp3) is 0.308. The van der Waals surface area contributed by atoms with E-state index in [0.717, 1.165) is 5.56 Å². The third-order valence-electron chi connectivity index (χ3n) is 6.20. The standard InChI is InChI=1S/C26H25F2NO5/c1-13(26(31)32)25(30)16-5-4-15-6-9-22(34-23(15)10-16)24-21(28)12-18(14(2)29-24)19-11-17(33-3)7-8-20(19)27/h4-5,7-8,10-13,22,25,30H,6,9H2,1-3H3,(H,31,32)/t13-,22?,25+/m0/s1. The number of ether oxygens (including phenoxy) is 2. The number of halogens is 2. The first-order chi connectivity index (χ1) is 16.2. The van der Waals surface area contributed by atoms with Crippen LogP contribution in [0.1, 0.15) is 48.1 Å². The Kier molecular flexibility index (Phi) is 6.52. The van der Waals surface area contributed by atoms with Crippen molar-refractivity contribution in [2.24, 2.45) is 5.92 Å². The lowest BCUT2D eigenvalue weighted by Crippen LogP contribution is -2.21. The SMILES string of the molecule is COc1ccc(F)c(-c2cc(F)c(C3CCc4ccc([C@H](O)[C@H](C)C(=O)O)cc4O3)nc2C)c1. The maximum Gasteiger partial charge on any atom is 0.309 e.